The molecule has 105 heavy (non-hydrogen) atoms. The van der Waals surface area contributed by atoms with Gasteiger partial charge in [0.2, 0.25) is 0 Å². The summed E-state index contributed by atoms with van der Waals surface area (Å²) in [6.45, 7) is -7.07. The highest BCUT2D eigenvalue weighted by Crippen LogP contribution is 2.40. The Kier molecular flexibility index (Phi) is 38.3. The predicted molar refractivity (Wildman–Crippen MR) is 336 cm³/mol. The zero-order valence-electron chi connectivity index (χ0n) is 58.0. The summed E-state index contributed by atoms with van der Waals surface area (Å²) in [7, 11) is 0. The van der Waals surface area contributed by atoms with Gasteiger partial charge in [-0.1, -0.05) is 0 Å². The third kappa shape index (κ3) is 23.7. The second kappa shape index (κ2) is 45.3. The lowest BCUT2D eigenvalue weighted by Gasteiger charge is -2.50. The highest BCUT2D eigenvalue weighted by molar-refractivity contribution is 5.02. The van der Waals surface area contributed by atoms with Crippen molar-refractivity contribution >= 4 is 0 Å². The molecule has 21 saturated heterocycles. The Bertz CT molecular complexity index is 1910. The quantitative estimate of drug-likeness (QED) is 0.0262. The number of aliphatic hydroxyl groups excluding tert-OH is 21. The first-order chi connectivity index (χ1) is 50.7. The maximum atomic E-state index is 12.1. The first-order valence-corrected chi connectivity index (χ1v) is 35.7. The molecule has 0 saturated carbocycles. The van der Waals surface area contributed by atoms with E-state index in [1.54, 1.807) is 0 Å². The van der Waals surface area contributed by atoms with Crippen LogP contribution >= 0.6 is 0 Å². The highest BCUT2D eigenvalue weighted by atomic mass is 16.8. The van der Waals surface area contributed by atoms with Crippen molar-refractivity contribution in [3.63, 3.8) is 0 Å². The van der Waals surface area contributed by atoms with E-state index in [9.17, 15) is 107 Å². The Morgan fingerprint density at radius 3 is 0.381 bits per heavy atom. The van der Waals surface area contributed by atoms with Crippen LogP contribution in [-0.4, -0.2) is 461 Å². The first kappa shape index (κ1) is 88.9. The van der Waals surface area contributed by atoms with E-state index < -0.39 is 261 Å². The molecule has 35 atom stereocenters. The summed E-state index contributed by atoms with van der Waals surface area (Å²) >= 11 is 0. The fourth-order valence-electron chi connectivity index (χ4n) is 12.9. The van der Waals surface area contributed by atoms with Crippen LogP contribution in [0.15, 0.2) is 0 Å². The highest BCUT2D eigenvalue weighted by Gasteiger charge is 2.60. The van der Waals surface area contributed by atoms with E-state index in [4.69, 9.17) is 99.5 Å². The predicted octanol–water partition coefficient (Wildman–Crippen LogP) is -12.4. The van der Waals surface area contributed by atoms with Crippen molar-refractivity contribution < 1.29 is 207 Å². The van der Waals surface area contributed by atoms with E-state index in [2.05, 4.69) is 0 Å². The van der Waals surface area contributed by atoms with Gasteiger partial charge in [0.1, 0.15) is 171 Å². The van der Waals surface area contributed by atoms with Crippen molar-refractivity contribution in [2.45, 2.75) is 260 Å². The smallest absolute Gasteiger partial charge is 0.187 e. The average molecular weight is 1540 g/mol. The number of rotatable bonds is 35. The number of ether oxygens (including phenoxy) is 21. The number of aliphatic hydroxyl groups is 21. The Morgan fingerprint density at radius 1 is 0.162 bits per heavy atom. The SMILES string of the molecule is OCCCOC[C@H]1O[C@@H]2O[C@H]3[C@H](O)[C@@H](O)[C@@H](O[C@H]4[C@H](O)[C@@H](O)[C@@H](O[C@H]5[C@H](O)[C@@H](O)[C@@H](O[C@H]6[C@H](O)[C@@H](O)[C@@H](O[C@H]7[C@H](O)[C@@H](O)[C@@H](O[C@H]8[C@H](O)[C@@H](O)[C@@H](O[C@H]1[C@H](O)[C@H]2O)O[C@@H]8COCCCO)O[C@@H]7COCCCO)O[C@@H]6COCCCO)O[C@@H]5COCCCO)O[C@@H]4COCCCO)O[C@@H]3COCCCO. The lowest BCUT2D eigenvalue weighted by atomic mass is 9.95. The Balaban J connectivity index is 1.19. The monoisotopic (exact) mass is 1540 g/mol. The van der Waals surface area contributed by atoms with Crippen molar-refractivity contribution in [1.82, 2.24) is 0 Å². The van der Waals surface area contributed by atoms with Crippen molar-refractivity contribution in [3.8, 4) is 0 Å². The summed E-state index contributed by atoms with van der Waals surface area (Å²) in [6.07, 6.45) is -67.8. The largest absolute Gasteiger partial charge is 0.396 e. The van der Waals surface area contributed by atoms with Gasteiger partial charge in [-0.2, -0.15) is 0 Å². The normalized spacial score (nSPS) is 43.8. The summed E-state index contributed by atoms with van der Waals surface area (Å²) in [5, 5.41) is 236. The van der Waals surface area contributed by atoms with Crippen LogP contribution in [0.5, 0.6) is 0 Å². The maximum Gasteiger partial charge on any atom is 0.187 e. The third-order valence-electron chi connectivity index (χ3n) is 18.6. The van der Waals surface area contributed by atoms with Crippen LogP contribution in [0.2, 0.25) is 0 Å². The minimum Gasteiger partial charge on any atom is -0.396 e. The van der Waals surface area contributed by atoms with E-state index in [0.717, 1.165) is 0 Å². The molecule has 21 heterocycles. The lowest BCUT2D eigenvalue weighted by Crippen LogP contribution is -2.68. The average Bonchev–Trinajstić information content (AvgIpc) is 0.793. The molecule has 0 aromatic rings. The summed E-state index contributed by atoms with van der Waals surface area (Å²) in [4.78, 5) is 0. The summed E-state index contributed by atoms with van der Waals surface area (Å²) in [5.41, 5.74) is 0. The van der Waals surface area contributed by atoms with E-state index >= 15 is 0 Å². The minimum absolute atomic E-state index is 0.0807. The second-order valence-electron chi connectivity index (χ2n) is 26.4. The molecule has 21 rings (SSSR count). The number of hydrogen-bond acceptors (Lipinski definition) is 42. The molecule has 21 aliphatic rings. The molecule has 0 radical (unpaired) electrons. The summed E-state index contributed by atoms with van der Waals surface area (Å²) < 4.78 is 127. The van der Waals surface area contributed by atoms with Gasteiger partial charge < -0.3 is 207 Å². The Hall–Kier alpha value is -1.68. The molecular formula is C63H112O42. The zero-order valence-corrected chi connectivity index (χ0v) is 58.0. The molecule has 42 nitrogen and oxygen atoms in total. The fraction of sp³-hybridized carbons (Fsp3) is 1.00. The van der Waals surface area contributed by atoms with Crippen LogP contribution < -0.4 is 0 Å². The van der Waals surface area contributed by atoms with Crippen molar-refractivity contribution in [2.75, 3.05) is 139 Å². The minimum atomic E-state index is -2.20. The molecule has 0 aliphatic carbocycles. The van der Waals surface area contributed by atoms with Gasteiger partial charge in [-0.05, 0) is 44.9 Å². The van der Waals surface area contributed by atoms with Gasteiger partial charge >= 0.3 is 0 Å². The molecule has 21 aliphatic heterocycles. The van der Waals surface area contributed by atoms with Gasteiger partial charge in [-0.25, -0.2) is 0 Å². The summed E-state index contributed by atoms with van der Waals surface area (Å²) in [6, 6.07) is 0. The van der Waals surface area contributed by atoms with E-state index in [0.29, 0.717) is 0 Å². The van der Waals surface area contributed by atoms with Gasteiger partial charge in [0, 0.05) is 92.5 Å². The molecule has 42 heteroatoms. The molecule has 0 spiro atoms. The molecule has 0 amide bonds. The van der Waals surface area contributed by atoms with Crippen LogP contribution in [0, 0.1) is 0 Å². The van der Waals surface area contributed by atoms with Crippen LogP contribution in [0.4, 0.5) is 0 Å². The van der Waals surface area contributed by atoms with Gasteiger partial charge in [-0.15, -0.1) is 0 Å². The van der Waals surface area contributed by atoms with Gasteiger partial charge in [0.25, 0.3) is 0 Å². The topological polar surface area (TPSA) is 619 Å². The van der Waals surface area contributed by atoms with Crippen LogP contribution in [0.3, 0.4) is 0 Å². The van der Waals surface area contributed by atoms with Gasteiger partial charge in [0.05, 0.1) is 46.2 Å². The molecule has 0 unspecified atom stereocenters. The van der Waals surface area contributed by atoms with Crippen molar-refractivity contribution in [2.24, 2.45) is 0 Å². The molecule has 0 aromatic carbocycles. The van der Waals surface area contributed by atoms with Crippen LogP contribution in [0.1, 0.15) is 44.9 Å². The fourth-order valence-corrected chi connectivity index (χ4v) is 12.9. The van der Waals surface area contributed by atoms with Gasteiger partial charge in [-0.3, -0.25) is 0 Å². The van der Waals surface area contributed by atoms with Crippen molar-refractivity contribution in [3.05, 3.63) is 0 Å². The van der Waals surface area contributed by atoms with Gasteiger partial charge in [0.15, 0.2) is 44.0 Å². The number of hydrogen-bond donors (Lipinski definition) is 21. The Labute approximate surface area is 603 Å². The Morgan fingerprint density at radius 2 is 0.276 bits per heavy atom. The molecular weight excluding hydrogens is 1430 g/mol. The second-order valence-corrected chi connectivity index (χ2v) is 26.4. The summed E-state index contributed by atoms with van der Waals surface area (Å²) in [5.74, 6) is 0. The molecule has 0 aromatic heterocycles. The van der Waals surface area contributed by atoms with E-state index in [-0.39, 0.29) is 137 Å². The van der Waals surface area contributed by atoms with E-state index in [1.807, 2.05) is 0 Å². The van der Waals surface area contributed by atoms with Crippen LogP contribution in [-0.2, 0) is 99.5 Å². The molecule has 21 N–H and O–H groups in total. The molecule has 616 valence electrons. The van der Waals surface area contributed by atoms with E-state index in [1.165, 1.54) is 0 Å². The first-order valence-electron chi connectivity index (χ1n) is 35.7. The maximum absolute atomic E-state index is 12.1. The third-order valence-corrected chi connectivity index (χ3v) is 18.6. The standard InChI is InChI=1S/C63H112O42/c64-8-1-15-85-22-29-50-36(71)43(78)57(92-29)100-51-30(23-86-16-2-9-65)94-59(45(80)38(51)73)102-53-32(25-88-18-4-11-67)96-61(47(82)40(53)75)104-55-34(27-90-20-6-13-69)98-63(49(84)42(55)77)105-56-35(28-91-21-7-14-70)97-62(48(83)41(56)76)103-54-33(26-89-19-5-12-68)95-60(46(81)39(54)74)101-52-31(24-87-17-3-10-66)93-58(99-50)44(79)37(52)72/h29-84H,1-28H2/t29-,30-,31-,32-,33-,34-,35-,36-,37-,38-,39-,40-,41-,42-,43-,44-,45-,46-,47-,48-,49-,50-,51-,52-,53-,54-,55-,56-,57-,58-,59-,60-,61-,62-,63-/m1/s1. The molecule has 14 bridgehead atoms. The lowest BCUT2D eigenvalue weighted by molar-refractivity contribution is -0.397. The molecule has 21 fully saturated rings. The van der Waals surface area contributed by atoms with Crippen molar-refractivity contribution in [1.29, 1.82) is 0 Å². The zero-order chi connectivity index (χ0) is 75.9. The van der Waals surface area contributed by atoms with Crippen LogP contribution in [0.25, 0.3) is 0 Å².